The van der Waals surface area contributed by atoms with Crippen molar-refractivity contribution < 1.29 is 4.74 Å². The number of methoxy groups -OCH3 is 1. The average Bonchev–Trinajstić information content (AvgIpc) is 2.92. The van der Waals surface area contributed by atoms with Gasteiger partial charge in [0.25, 0.3) is 0 Å². The van der Waals surface area contributed by atoms with Crippen molar-refractivity contribution in [3.05, 3.63) is 21.9 Å². The van der Waals surface area contributed by atoms with Crippen LogP contribution in [0.2, 0.25) is 0 Å². The summed E-state index contributed by atoms with van der Waals surface area (Å²) in [5, 5.41) is 6.00. The minimum atomic E-state index is -0.0141. The van der Waals surface area contributed by atoms with E-state index in [9.17, 15) is 0 Å². The maximum absolute atomic E-state index is 5.58. The predicted octanol–water partition coefficient (Wildman–Crippen LogP) is 4.35. The molecule has 1 N–H and O–H groups in total. The van der Waals surface area contributed by atoms with Gasteiger partial charge in [-0.2, -0.15) is 0 Å². The van der Waals surface area contributed by atoms with Crippen LogP contribution in [0.15, 0.2) is 11.4 Å². The van der Waals surface area contributed by atoms with Crippen LogP contribution in [0, 0.1) is 0 Å². The molecule has 0 aliphatic heterocycles. The van der Waals surface area contributed by atoms with Crippen LogP contribution in [0.3, 0.4) is 0 Å². The Hall–Kier alpha value is -0.380. The summed E-state index contributed by atoms with van der Waals surface area (Å²) in [7, 11) is 1.82. The Morgan fingerprint density at radius 2 is 2.30 bits per heavy atom. The van der Waals surface area contributed by atoms with Crippen molar-refractivity contribution >= 4 is 11.3 Å². The highest BCUT2D eigenvalue weighted by molar-refractivity contribution is 7.10. The number of nitrogens with one attached hydrogen (secondary N) is 1. The molecule has 1 aromatic rings. The van der Waals surface area contributed by atoms with Crippen LogP contribution >= 0.6 is 11.3 Å². The summed E-state index contributed by atoms with van der Waals surface area (Å²) in [5.74, 6) is 0.692. The van der Waals surface area contributed by atoms with E-state index in [1.807, 2.05) is 18.4 Å². The number of aryl methyl sites for hydroxylation is 1. The number of fused-ring (bicyclic) bond motifs is 1. The van der Waals surface area contributed by atoms with Gasteiger partial charge in [-0.1, -0.05) is 6.92 Å². The largest absolute Gasteiger partial charge is 0.379 e. The topological polar surface area (TPSA) is 21.3 Å². The van der Waals surface area contributed by atoms with Crippen LogP contribution in [-0.2, 0) is 11.2 Å². The monoisotopic (exact) mass is 295 g/mol. The highest BCUT2D eigenvalue weighted by atomic mass is 32.1. The van der Waals surface area contributed by atoms with Crippen LogP contribution in [0.25, 0.3) is 0 Å². The van der Waals surface area contributed by atoms with Gasteiger partial charge in [-0.3, -0.25) is 0 Å². The van der Waals surface area contributed by atoms with Gasteiger partial charge >= 0.3 is 0 Å². The lowest BCUT2D eigenvalue weighted by Gasteiger charge is -2.33. The fourth-order valence-corrected chi connectivity index (χ4v) is 4.25. The van der Waals surface area contributed by atoms with Gasteiger partial charge < -0.3 is 10.1 Å². The molecule has 1 heterocycles. The minimum absolute atomic E-state index is 0.0141. The minimum Gasteiger partial charge on any atom is -0.379 e. The van der Waals surface area contributed by atoms with E-state index in [0.29, 0.717) is 12.0 Å². The molecule has 1 aliphatic carbocycles. The summed E-state index contributed by atoms with van der Waals surface area (Å²) in [5.41, 5.74) is 1.60. The Morgan fingerprint density at radius 1 is 1.50 bits per heavy atom. The second-order valence-electron chi connectivity index (χ2n) is 6.46. The Balaban J connectivity index is 2.06. The summed E-state index contributed by atoms with van der Waals surface area (Å²) in [6.45, 7) is 7.64. The Labute approximate surface area is 127 Å². The maximum Gasteiger partial charge on any atom is 0.0623 e. The third kappa shape index (κ3) is 3.84. The Kier molecular flexibility index (Phi) is 5.65. The number of thiophene rings is 1. The average molecular weight is 295 g/mol. The van der Waals surface area contributed by atoms with Crippen molar-refractivity contribution in [2.24, 2.45) is 0 Å². The summed E-state index contributed by atoms with van der Waals surface area (Å²) < 4.78 is 5.58. The number of hydrogen-bond donors (Lipinski definition) is 1. The highest BCUT2D eigenvalue weighted by Crippen LogP contribution is 2.38. The number of likely N-dealkylation sites (N-methyl/N-ethyl adjacent to an activating group) is 1. The van der Waals surface area contributed by atoms with Crippen molar-refractivity contribution in [3.8, 4) is 0 Å². The van der Waals surface area contributed by atoms with Crippen LogP contribution in [0.4, 0.5) is 0 Å². The number of hydrogen-bond acceptors (Lipinski definition) is 3. The van der Waals surface area contributed by atoms with E-state index in [1.54, 1.807) is 10.4 Å². The lowest BCUT2D eigenvalue weighted by Crippen LogP contribution is -2.38. The molecule has 1 aromatic heterocycles. The summed E-state index contributed by atoms with van der Waals surface area (Å²) >= 11 is 1.94. The third-order valence-corrected chi connectivity index (χ3v) is 5.66. The Bertz CT molecular complexity index is 413. The Morgan fingerprint density at radius 3 is 3.00 bits per heavy atom. The van der Waals surface area contributed by atoms with Crippen LogP contribution < -0.4 is 5.32 Å². The molecule has 2 unspecified atom stereocenters. The van der Waals surface area contributed by atoms with E-state index in [4.69, 9.17) is 4.74 Å². The van der Waals surface area contributed by atoms with E-state index < -0.39 is 0 Å². The van der Waals surface area contributed by atoms with E-state index >= 15 is 0 Å². The van der Waals surface area contributed by atoms with Crippen molar-refractivity contribution in [1.29, 1.82) is 0 Å². The molecule has 2 nitrogen and oxygen atoms in total. The molecule has 1 aliphatic rings. The molecule has 0 bridgehead atoms. The first-order valence-electron chi connectivity index (χ1n) is 7.92. The molecule has 0 saturated heterocycles. The predicted molar refractivity (Wildman–Crippen MR) is 87.8 cm³/mol. The molecule has 0 saturated carbocycles. The molecule has 3 heteroatoms. The van der Waals surface area contributed by atoms with Gasteiger partial charge in [0.15, 0.2) is 0 Å². The molecule has 0 amide bonds. The second-order valence-corrected chi connectivity index (χ2v) is 7.47. The quantitative estimate of drug-likeness (QED) is 0.807. The van der Waals surface area contributed by atoms with Gasteiger partial charge in [-0.25, -0.2) is 0 Å². The highest BCUT2D eigenvalue weighted by Gasteiger charge is 2.29. The molecule has 20 heavy (non-hydrogen) atoms. The van der Waals surface area contributed by atoms with Crippen LogP contribution in [-0.4, -0.2) is 25.3 Å². The van der Waals surface area contributed by atoms with E-state index in [1.165, 1.54) is 25.7 Å². The molecule has 0 spiro atoms. The van der Waals surface area contributed by atoms with Gasteiger partial charge in [-0.15, -0.1) is 11.3 Å². The van der Waals surface area contributed by atoms with E-state index in [0.717, 1.165) is 13.0 Å². The first-order chi connectivity index (χ1) is 9.57. The van der Waals surface area contributed by atoms with Crippen LogP contribution in [0.1, 0.15) is 62.8 Å². The zero-order chi connectivity index (χ0) is 14.6. The van der Waals surface area contributed by atoms with Crippen LogP contribution in [0.5, 0.6) is 0 Å². The smallest absolute Gasteiger partial charge is 0.0623 e. The van der Waals surface area contributed by atoms with E-state index in [2.05, 4.69) is 37.5 Å². The molecule has 0 radical (unpaired) electrons. The summed E-state index contributed by atoms with van der Waals surface area (Å²) in [6, 6.07) is 2.94. The zero-order valence-electron chi connectivity index (χ0n) is 13.4. The van der Waals surface area contributed by atoms with Gasteiger partial charge in [0.1, 0.15) is 0 Å². The molecular formula is C17H29NOS. The maximum atomic E-state index is 5.58. The normalized spacial score (nSPS) is 20.7. The fraction of sp³-hybridized carbons (Fsp3) is 0.765. The van der Waals surface area contributed by atoms with E-state index in [-0.39, 0.29) is 5.60 Å². The summed E-state index contributed by atoms with van der Waals surface area (Å²) in [6.07, 6.45) is 6.25. The molecule has 0 fully saturated rings. The first kappa shape index (κ1) is 16.0. The van der Waals surface area contributed by atoms with Gasteiger partial charge in [0.2, 0.25) is 0 Å². The second kappa shape index (κ2) is 7.06. The zero-order valence-corrected chi connectivity index (χ0v) is 14.2. The SMILES string of the molecule is CCNC(CCC(C)(C)OC)C1CCCc2sccc21. The lowest BCUT2D eigenvalue weighted by atomic mass is 9.80. The standard InChI is InChI=1S/C17H29NOS/c1-5-18-15(9-11-17(2,3)19-4)13-7-6-8-16-14(13)10-12-20-16/h10,12-13,15,18H,5-9,11H2,1-4H3. The third-order valence-electron chi connectivity index (χ3n) is 4.66. The van der Waals surface area contributed by atoms with Crippen molar-refractivity contribution in [2.75, 3.05) is 13.7 Å². The molecular weight excluding hydrogens is 266 g/mol. The van der Waals surface area contributed by atoms with Gasteiger partial charge in [-0.05, 0) is 69.5 Å². The first-order valence-corrected chi connectivity index (χ1v) is 8.80. The molecule has 2 atom stereocenters. The van der Waals surface area contributed by atoms with Gasteiger partial charge in [0.05, 0.1) is 5.60 Å². The molecule has 2 rings (SSSR count). The lowest BCUT2D eigenvalue weighted by molar-refractivity contribution is 0.0109. The molecule has 114 valence electrons. The summed E-state index contributed by atoms with van der Waals surface area (Å²) in [4.78, 5) is 1.62. The van der Waals surface area contributed by atoms with Crippen molar-refractivity contribution in [2.45, 2.75) is 70.4 Å². The van der Waals surface area contributed by atoms with Gasteiger partial charge in [0, 0.05) is 23.9 Å². The fourth-order valence-electron chi connectivity index (χ4n) is 3.25. The number of ether oxygens (including phenoxy) is 1. The van der Waals surface area contributed by atoms with Crippen molar-refractivity contribution in [1.82, 2.24) is 5.32 Å². The van der Waals surface area contributed by atoms with Crippen molar-refractivity contribution in [3.63, 3.8) is 0 Å². The number of rotatable bonds is 7. The molecule has 0 aromatic carbocycles.